The first-order valence-electron chi connectivity index (χ1n) is 7.75. The van der Waals surface area contributed by atoms with Gasteiger partial charge in [0.15, 0.2) is 0 Å². The molecule has 1 saturated heterocycles. The van der Waals surface area contributed by atoms with Gasteiger partial charge in [0.1, 0.15) is 5.82 Å². The number of anilines is 1. The summed E-state index contributed by atoms with van der Waals surface area (Å²) in [6, 6.07) is 3.92. The first kappa shape index (κ1) is 15.0. The molecule has 1 aromatic carbocycles. The molecule has 0 bridgehead atoms. The molecular weight excluding hydrogens is 335 g/mol. The number of likely N-dealkylation sites (tertiary alicyclic amines) is 1. The second kappa shape index (κ2) is 5.80. The standard InChI is InChI=1S/C16H16Cl2N4O/c17-11-4-13-14(5-12(11)18)21-15(7-19-13)20-6-9-3-16(23)22(8-9)10-1-2-10/h4-5,7,9-10H,1-3,6,8H2,(H,20,21). The summed E-state index contributed by atoms with van der Waals surface area (Å²) in [6.45, 7) is 1.56. The number of hydrogen-bond acceptors (Lipinski definition) is 4. The minimum atomic E-state index is 0.283. The molecule has 0 radical (unpaired) electrons. The van der Waals surface area contributed by atoms with Crippen LogP contribution in [0.4, 0.5) is 5.82 Å². The first-order valence-corrected chi connectivity index (χ1v) is 8.51. The fourth-order valence-electron chi connectivity index (χ4n) is 3.03. The van der Waals surface area contributed by atoms with E-state index in [1.54, 1.807) is 18.3 Å². The second-order valence-electron chi connectivity index (χ2n) is 6.24. The van der Waals surface area contributed by atoms with Gasteiger partial charge in [0.25, 0.3) is 0 Å². The molecule has 1 saturated carbocycles. The number of hydrogen-bond donors (Lipinski definition) is 1. The van der Waals surface area contributed by atoms with E-state index in [1.807, 2.05) is 4.90 Å². The van der Waals surface area contributed by atoms with Crippen molar-refractivity contribution in [1.82, 2.24) is 14.9 Å². The van der Waals surface area contributed by atoms with Crippen molar-refractivity contribution >= 4 is 46.0 Å². The van der Waals surface area contributed by atoms with Crippen LogP contribution in [-0.2, 0) is 4.79 Å². The SMILES string of the molecule is O=C1CC(CNc2cnc3cc(Cl)c(Cl)cc3n2)CN1C1CC1. The molecule has 2 aromatic rings. The van der Waals surface area contributed by atoms with Crippen LogP contribution in [0.3, 0.4) is 0 Å². The summed E-state index contributed by atoms with van der Waals surface area (Å²) in [6.07, 6.45) is 4.62. The molecular formula is C16H16Cl2N4O. The fourth-order valence-corrected chi connectivity index (χ4v) is 3.34. The summed E-state index contributed by atoms with van der Waals surface area (Å²) in [5.41, 5.74) is 1.41. The Bertz CT molecular complexity index is 778. The van der Waals surface area contributed by atoms with Crippen LogP contribution in [0.5, 0.6) is 0 Å². The Balaban J connectivity index is 1.44. The molecule has 1 N–H and O–H groups in total. The minimum Gasteiger partial charge on any atom is -0.368 e. The molecule has 1 unspecified atom stereocenters. The van der Waals surface area contributed by atoms with E-state index in [0.29, 0.717) is 45.3 Å². The summed E-state index contributed by atoms with van der Waals surface area (Å²) in [5.74, 6) is 1.30. The van der Waals surface area contributed by atoms with E-state index < -0.39 is 0 Å². The number of benzene rings is 1. The van der Waals surface area contributed by atoms with Gasteiger partial charge in [0, 0.05) is 31.5 Å². The molecule has 0 spiro atoms. The number of rotatable bonds is 4. The third-order valence-corrected chi connectivity index (χ3v) is 5.10. The predicted molar refractivity (Wildman–Crippen MR) is 90.9 cm³/mol. The van der Waals surface area contributed by atoms with Gasteiger partial charge in [-0.1, -0.05) is 23.2 Å². The van der Waals surface area contributed by atoms with Crippen molar-refractivity contribution in [2.24, 2.45) is 5.92 Å². The number of aromatic nitrogens is 2. The highest BCUT2D eigenvalue weighted by Gasteiger charge is 2.39. The van der Waals surface area contributed by atoms with Gasteiger partial charge < -0.3 is 10.2 Å². The van der Waals surface area contributed by atoms with Crippen LogP contribution >= 0.6 is 23.2 Å². The molecule has 1 aliphatic heterocycles. The zero-order valence-electron chi connectivity index (χ0n) is 12.4. The van der Waals surface area contributed by atoms with Crippen molar-refractivity contribution < 1.29 is 4.79 Å². The van der Waals surface area contributed by atoms with E-state index in [2.05, 4.69) is 15.3 Å². The maximum Gasteiger partial charge on any atom is 0.223 e. The van der Waals surface area contributed by atoms with Gasteiger partial charge >= 0.3 is 0 Å². The van der Waals surface area contributed by atoms with Gasteiger partial charge in [-0.25, -0.2) is 4.98 Å². The molecule has 23 heavy (non-hydrogen) atoms. The van der Waals surface area contributed by atoms with Crippen molar-refractivity contribution in [2.45, 2.75) is 25.3 Å². The Morgan fingerprint density at radius 2 is 1.96 bits per heavy atom. The molecule has 5 nitrogen and oxygen atoms in total. The molecule has 120 valence electrons. The van der Waals surface area contributed by atoms with Crippen molar-refractivity contribution in [1.29, 1.82) is 0 Å². The third-order valence-electron chi connectivity index (χ3n) is 4.38. The second-order valence-corrected chi connectivity index (χ2v) is 7.05. The largest absolute Gasteiger partial charge is 0.368 e. The average molecular weight is 351 g/mol. The fraction of sp³-hybridized carbons (Fsp3) is 0.438. The normalized spacial score (nSPS) is 21.2. The number of nitrogens with one attached hydrogen (secondary N) is 1. The quantitative estimate of drug-likeness (QED) is 0.918. The zero-order valence-corrected chi connectivity index (χ0v) is 13.9. The molecule has 1 amide bonds. The lowest BCUT2D eigenvalue weighted by Crippen LogP contribution is -2.28. The monoisotopic (exact) mass is 350 g/mol. The minimum absolute atomic E-state index is 0.283. The van der Waals surface area contributed by atoms with E-state index in [9.17, 15) is 4.79 Å². The lowest BCUT2D eigenvalue weighted by atomic mass is 10.1. The Morgan fingerprint density at radius 3 is 2.70 bits per heavy atom. The number of carbonyl (C=O) groups excluding carboxylic acids is 1. The van der Waals surface area contributed by atoms with Crippen molar-refractivity contribution in [3.8, 4) is 0 Å². The number of carbonyl (C=O) groups is 1. The molecule has 1 aliphatic carbocycles. The molecule has 7 heteroatoms. The highest BCUT2D eigenvalue weighted by Crippen LogP contribution is 2.32. The van der Waals surface area contributed by atoms with Crippen molar-refractivity contribution in [2.75, 3.05) is 18.4 Å². The lowest BCUT2D eigenvalue weighted by Gasteiger charge is -2.15. The van der Waals surface area contributed by atoms with Gasteiger partial charge in [-0.15, -0.1) is 0 Å². The molecule has 2 aliphatic rings. The molecule has 2 fully saturated rings. The number of nitrogens with zero attached hydrogens (tertiary/aromatic N) is 3. The smallest absolute Gasteiger partial charge is 0.223 e. The molecule has 2 heterocycles. The molecule has 1 atom stereocenters. The van der Waals surface area contributed by atoms with Gasteiger partial charge in [-0.2, -0.15) is 0 Å². The predicted octanol–water partition coefficient (Wildman–Crippen LogP) is 3.36. The van der Waals surface area contributed by atoms with Gasteiger partial charge in [0.2, 0.25) is 5.91 Å². The van der Waals surface area contributed by atoms with Gasteiger partial charge in [-0.05, 0) is 25.0 Å². The highest BCUT2D eigenvalue weighted by atomic mass is 35.5. The van der Waals surface area contributed by atoms with Crippen LogP contribution in [0, 0.1) is 5.92 Å². The number of halogens is 2. The summed E-state index contributed by atoms with van der Waals surface area (Å²) in [5, 5.41) is 4.22. The Kier molecular flexibility index (Phi) is 3.77. The van der Waals surface area contributed by atoms with Crippen LogP contribution in [-0.4, -0.2) is 39.9 Å². The first-order chi connectivity index (χ1) is 11.1. The maximum absolute atomic E-state index is 12.0. The topological polar surface area (TPSA) is 58.1 Å². The zero-order chi connectivity index (χ0) is 16.0. The van der Waals surface area contributed by atoms with E-state index >= 15 is 0 Å². The van der Waals surface area contributed by atoms with E-state index in [4.69, 9.17) is 23.2 Å². The Morgan fingerprint density at radius 1 is 1.22 bits per heavy atom. The molecule has 1 aromatic heterocycles. The molecule has 4 rings (SSSR count). The van der Waals surface area contributed by atoms with E-state index in [1.165, 1.54) is 0 Å². The van der Waals surface area contributed by atoms with E-state index in [0.717, 1.165) is 25.9 Å². The van der Waals surface area contributed by atoms with Crippen LogP contribution in [0.25, 0.3) is 11.0 Å². The van der Waals surface area contributed by atoms with Gasteiger partial charge in [-0.3, -0.25) is 9.78 Å². The summed E-state index contributed by atoms with van der Waals surface area (Å²) >= 11 is 12.0. The van der Waals surface area contributed by atoms with Crippen LogP contribution in [0.15, 0.2) is 18.3 Å². The van der Waals surface area contributed by atoms with Crippen LogP contribution in [0.2, 0.25) is 10.0 Å². The van der Waals surface area contributed by atoms with Crippen molar-refractivity contribution in [3.05, 3.63) is 28.4 Å². The van der Waals surface area contributed by atoms with Crippen LogP contribution in [0.1, 0.15) is 19.3 Å². The number of fused-ring (bicyclic) bond motifs is 1. The average Bonchev–Trinajstić information content (AvgIpc) is 3.30. The lowest BCUT2D eigenvalue weighted by molar-refractivity contribution is -0.128. The highest BCUT2D eigenvalue weighted by molar-refractivity contribution is 6.42. The van der Waals surface area contributed by atoms with Gasteiger partial charge in [0.05, 0.1) is 27.3 Å². The summed E-state index contributed by atoms with van der Waals surface area (Å²) in [7, 11) is 0. The third kappa shape index (κ3) is 3.08. The van der Waals surface area contributed by atoms with Crippen molar-refractivity contribution in [3.63, 3.8) is 0 Å². The number of amides is 1. The summed E-state index contributed by atoms with van der Waals surface area (Å²) in [4.78, 5) is 22.9. The van der Waals surface area contributed by atoms with E-state index in [-0.39, 0.29) is 5.91 Å². The Hall–Kier alpha value is -1.59. The van der Waals surface area contributed by atoms with Crippen LogP contribution < -0.4 is 5.32 Å². The maximum atomic E-state index is 12.0. The summed E-state index contributed by atoms with van der Waals surface area (Å²) < 4.78 is 0. The Labute approximate surface area is 144 Å².